The van der Waals surface area contributed by atoms with E-state index in [1.54, 1.807) is 0 Å². The van der Waals surface area contributed by atoms with Crippen LogP contribution < -0.4 is 5.32 Å². The molecule has 0 aliphatic rings. The average Bonchev–Trinajstić information content (AvgIpc) is 2.37. The second kappa shape index (κ2) is 7.63. The quantitative estimate of drug-likeness (QED) is 0.794. The first kappa shape index (κ1) is 16.2. The Balaban J connectivity index is 2.53. The Labute approximate surface area is 117 Å². The summed E-state index contributed by atoms with van der Waals surface area (Å²) in [4.78, 5) is 2.13. The minimum Gasteiger partial charge on any atom is -0.387 e. The van der Waals surface area contributed by atoms with Gasteiger partial charge in [-0.15, -0.1) is 0 Å². The van der Waals surface area contributed by atoms with Crippen molar-refractivity contribution < 1.29 is 5.11 Å². The molecule has 0 fully saturated rings. The highest BCUT2D eigenvalue weighted by Gasteiger charge is 2.15. The third-order valence-corrected chi connectivity index (χ3v) is 3.44. The molecule has 0 bridgehead atoms. The van der Waals surface area contributed by atoms with Crippen LogP contribution in [0.2, 0.25) is 0 Å². The monoisotopic (exact) mass is 264 g/mol. The van der Waals surface area contributed by atoms with E-state index in [2.05, 4.69) is 36.2 Å². The van der Waals surface area contributed by atoms with Gasteiger partial charge >= 0.3 is 0 Å². The minimum atomic E-state index is -0.455. The van der Waals surface area contributed by atoms with E-state index in [1.165, 1.54) is 5.56 Å². The van der Waals surface area contributed by atoms with Crippen LogP contribution in [0.25, 0.3) is 0 Å². The molecule has 1 aromatic rings. The number of nitrogens with zero attached hydrogens (tertiary/aromatic N) is 1. The smallest absolute Gasteiger partial charge is 0.0940 e. The van der Waals surface area contributed by atoms with Gasteiger partial charge in [-0.2, -0.15) is 0 Å². The van der Waals surface area contributed by atoms with Crippen molar-refractivity contribution in [3.63, 3.8) is 0 Å². The van der Waals surface area contributed by atoms with E-state index in [4.69, 9.17) is 0 Å². The van der Waals surface area contributed by atoms with Crippen LogP contribution >= 0.6 is 0 Å². The van der Waals surface area contributed by atoms with Crippen molar-refractivity contribution in [3.8, 4) is 0 Å². The number of likely N-dealkylation sites (N-methyl/N-ethyl adjacent to an activating group) is 1. The van der Waals surface area contributed by atoms with Crippen molar-refractivity contribution in [2.24, 2.45) is 0 Å². The first-order valence-electron chi connectivity index (χ1n) is 7.08. The molecular formula is C16H28N2O. The van der Waals surface area contributed by atoms with E-state index >= 15 is 0 Å². The second-order valence-electron chi connectivity index (χ2n) is 5.81. The molecule has 0 spiro atoms. The Hall–Kier alpha value is -0.900. The zero-order valence-electron chi connectivity index (χ0n) is 12.9. The number of hydrogen-bond donors (Lipinski definition) is 2. The molecule has 2 atom stereocenters. The summed E-state index contributed by atoms with van der Waals surface area (Å²) in [5.74, 6) is 0.529. The van der Waals surface area contributed by atoms with Crippen LogP contribution in [0.3, 0.4) is 0 Å². The van der Waals surface area contributed by atoms with Crippen LogP contribution in [0.15, 0.2) is 24.3 Å². The number of benzene rings is 1. The largest absolute Gasteiger partial charge is 0.387 e. The maximum atomic E-state index is 10.3. The maximum Gasteiger partial charge on any atom is 0.0940 e. The maximum absolute atomic E-state index is 10.3. The zero-order valence-corrected chi connectivity index (χ0v) is 12.9. The van der Waals surface area contributed by atoms with Crippen molar-refractivity contribution in [2.45, 2.75) is 38.8 Å². The topological polar surface area (TPSA) is 35.5 Å². The number of aliphatic hydroxyl groups is 1. The lowest BCUT2D eigenvalue weighted by molar-refractivity contribution is 0.135. The Morgan fingerprint density at radius 2 is 1.58 bits per heavy atom. The van der Waals surface area contributed by atoms with Crippen LogP contribution in [-0.4, -0.2) is 43.2 Å². The second-order valence-corrected chi connectivity index (χ2v) is 5.81. The molecule has 19 heavy (non-hydrogen) atoms. The predicted molar refractivity (Wildman–Crippen MR) is 81.5 cm³/mol. The molecule has 0 heterocycles. The van der Waals surface area contributed by atoms with Crippen LogP contribution in [0, 0.1) is 0 Å². The molecule has 0 amide bonds. The SMILES string of the molecule is CC(C)c1ccc(C(O)C(C)NCCN(C)C)cc1. The Bertz CT molecular complexity index is 360. The van der Waals surface area contributed by atoms with Gasteiger partial charge in [-0.25, -0.2) is 0 Å². The van der Waals surface area contributed by atoms with Crippen molar-refractivity contribution in [1.82, 2.24) is 10.2 Å². The van der Waals surface area contributed by atoms with E-state index in [0.717, 1.165) is 18.7 Å². The number of nitrogens with one attached hydrogen (secondary N) is 1. The predicted octanol–water partition coefficient (Wildman–Crippen LogP) is 2.38. The molecule has 3 nitrogen and oxygen atoms in total. The molecule has 0 saturated carbocycles. The number of rotatable bonds is 7. The lowest BCUT2D eigenvalue weighted by Gasteiger charge is -2.22. The van der Waals surface area contributed by atoms with E-state index in [1.807, 2.05) is 33.2 Å². The molecular weight excluding hydrogens is 236 g/mol. The average molecular weight is 264 g/mol. The van der Waals surface area contributed by atoms with Crippen LogP contribution in [0.1, 0.15) is 43.9 Å². The van der Waals surface area contributed by atoms with Crippen molar-refractivity contribution >= 4 is 0 Å². The lowest BCUT2D eigenvalue weighted by atomic mass is 9.98. The summed E-state index contributed by atoms with van der Waals surface area (Å²) in [6.07, 6.45) is -0.455. The number of aliphatic hydroxyl groups excluding tert-OH is 1. The summed E-state index contributed by atoms with van der Waals surface area (Å²) in [5.41, 5.74) is 2.29. The van der Waals surface area contributed by atoms with Crippen LogP contribution in [-0.2, 0) is 0 Å². The van der Waals surface area contributed by atoms with Crippen molar-refractivity contribution in [2.75, 3.05) is 27.2 Å². The summed E-state index contributed by atoms with van der Waals surface area (Å²) in [6, 6.07) is 8.34. The molecule has 1 rings (SSSR count). The third-order valence-electron chi connectivity index (χ3n) is 3.44. The van der Waals surface area contributed by atoms with Gasteiger partial charge in [-0.05, 0) is 38.1 Å². The molecule has 0 aliphatic heterocycles. The van der Waals surface area contributed by atoms with Gasteiger partial charge in [0, 0.05) is 19.1 Å². The van der Waals surface area contributed by atoms with Crippen LogP contribution in [0.4, 0.5) is 0 Å². The van der Waals surface area contributed by atoms with Gasteiger partial charge in [-0.3, -0.25) is 0 Å². The van der Waals surface area contributed by atoms with Gasteiger partial charge in [0.25, 0.3) is 0 Å². The highest BCUT2D eigenvalue weighted by Crippen LogP contribution is 2.20. The molecule has 0 saturated heterocycles. The number of hydrogen-bond acceptors (Lipinski definition) is 3. The zero-order chi connectivity index (χ0) is 14.4. The highest BCUT2D eigenvalue weighted by molar-refractivity contribution is 5.26. The molecule has 3 heteroatoms. The molecule has 0 aromatic heterocycles. The molecule has 0 radical (unpaired) electrons. The summed E-state index contributed by atoms with van der Waals surface area (Å²) in [7, 11) is 4.10. The fraction of sp³-hybridized carbons (Fsp3) is 0.625. The van der Waals surface area contributed by atoms with Gasteiger partial charge in [0.15, 0.2) is 0 Å². The summed E-state index contributed by atoms with van der Waals surface area (Å²) in [6.45, 7) is 8.24. The molecule has 2 unspecified atom stereocenters. The minimum absolute atomic E-state index is 0.0600. The molecule has 2 N–H and O–H groups in total. The van der Waals surface area contributed by atoms with Gasteiger partial charge < -0.3 is 15.3 Å². The molecule has 1 aromatic carbocycles. The Kier molecular flexibility index (Phi) is 6.49. The highest BCUT2D eigenvalue weighted by atomic mass is 16.3. The van der Waals surface area contributed by atoms with Gasteiger partial charge in [0.05, 0.1) is 6.10 Å². The Morgan fingerprint density at radius 1 is 1.05 bits per heavy atom. The van der Waals surface area contributed by atoms with E-state index < -0.39 is 6.10 Å². The van der Waals surface area contributed by atoms with Gasteiger partial charge in [0.1, 0.15) is 0 Å². The van der Waals surface area contributed by atoms with Crippen LogP contribution in [0.5, 0.6) is 0 Å². The standard InChI is InChI=1S/C16H28N2O/c1-12(2)14-6-8-15(9-7-14)16(19)13(3)17-10-11-18(4)5/h6-9,12-13,16-17,19H,10-11H2,1-5H3. The molecule has 0 aliphatic carbocycles. The Morgan fingerprint density at radius 3 is 2.05 bits per heavy atom. The van der Waals surface area contributed by atoms with E-state index in [-0.39, 0.29) is 6.04 Å². The van der Waals surface area contributed by atoms with Crippen molar-refractivity contribution in [1.29, 1.82) is 0 Å². The first-order valence-corrected chi connectivity index (χ1v) is 7.08. The van der Waals surface area contributed by atoms with Gasteiger partial charge in [0.2, 0.25) is 0 Å². The summed E-state index contributed by atoms with van der Waals surface area (Å²) >= 11 is 0. The lowest BCUT2D eigenvalue weighted by Crippen LogP contribution is -2.36. The van der Waals surface area contributed by atoms with Gasteiger partial charge in [-0.1, -0.05) is 38.1 Å². The normalized spacial score (nSPS) is 14.9. The fourth-order valence-corrected chi connectivity index (χ4v) is 1.99. The first-order chi connectivity index (χ1) is 8.91. The molecule has 108 valence electrons. The van der Waals surface area contributed by atoms with E-state index in [0.29, 0.717) is 5.92 Å². The fourth-order valence-electron chi connectivity index (χ4n) is 1.99. The summed E-state index contributed by atoms with van der Waals surface area (Å²) < 4.78 is 0. The van der Waals surface area contributed by atoms with E-state index in [9.17, 15) is 5.11 Å². The van der Waals surface area contributed by atoms with Crippen molar-refractivity contribution in [3.05, 3.63) is 35.4 Å². The third kappa shape index (κ3) is 5.31. The summed E-state index contributed by atoms with van der Waals surface area (Å²) in [5, 5.41) is 13.7.